The van der Waals surface area contributed by atoms with E-state index in [4.69, 9.17) is 0 Å². The number of carbonyl (C=O) groups is 2. The molecule has 7 nitrogen and oxygen atoms in total. The highest BCUT2D eigenvalue weighted by atomic mass is 16.3. The first-order chi connectivity index (χ1) is 11.4. The van der Waals surface area contributed by atoms with Gasteiger partial charge in [-0.3, -0.25) is 19.4 Å². The second kappa shape index (κ2) is 8.78. The number of nitrogens with zero attached hydrogens (tertiary/aromatic N) is 4. The van der Waals surface area contributed by atoms with E-state index in [0.29, 0.717) is 45.3 Å². The summed E-state index contributed by atoms with van der Waals surface area (Å²) in [7, 11) is 0. The normalized spacial score (nSPS) is 24.9. The minimum absolute atomic E-state index is 0.0853. The van der Waals surface area contributed by atoms with Gasteiger partial charge in [0.2, 0.25) is 11.8 Å². The van der Waals surface area contributed by atoms with Crippen molar-refractivity contribution in [2.45, 2.75) is 39.3 Å². The van der Waals surface area contributed by atoms with Crippen LogP contribution in [0.1, 0.15) is 27.2 Å². The van der Waals surface area contributed by atoms with Crippen LogP contribution in [0.4, 0.5) is 0 Å². The monoisotopic (exact) mass is 340 g/mol. The van der Waals surface area contributed by atoms with Crippen LogP contribution in [0, 0.1) is 0 Å². The van der Waals surface area contributed by atoms with Crippen molar-refractivity contribution in [3.8, 4) is 0 Å². The zero-order valence-corrected chi connectivity index (χ0v) is 15.3. The van der Waals surface area contributed by atoms with Gasteiger partial charge in [-0.05, 0) is 13.3 Å². The maximum absolute atomic E-state index is 12.5. The molecule has 0 aromatic heterocycles. The summed E-state index contributed by atoms with van der Waals surface area (Å²) in [6.45, 7) is 11.9. The molecule has 0 bridgehead atoms. The largest absolute Gasteiger partial charge is 0.392 e. The molecule has 2 aliphatic heterocycles. The van der Waals surface area contributed by atoms with Gasteiger partial charge in [-0.15, -0.1) is 0 Å². The number of carbonyl (C=O) groups excluding carboxylic acids is 2. The van der Waals surface area contributed by atoms with Gasteiger partial charge in [-0.2, -0.15) is 0 Å². The molecule has 0 aromatic carbocycles. The van der Waals surface area contributed by atoms with E-state index in [0.717, 1.165) is 26.1 Å². The Morgan fingerprint density at radius 2 is 1.71 bits per heavy atom. The van der Waals surface area contributed by atoms with Crippen LogP contribution in [0.2, 0.25) is 0 Å². The van der Waals surface area contributed by atoms with Crippen molar-refractivity contribution in [2.75, 3.05) is 58.9 Å². The Morgan fingerprint density at radius 1 is 1.08 bits per heavy atom. The van der Waals surface area contributed by atoms with Gasteiger partial charge >= 0.3 is 0 Å². The molecule has 2 amide bonds. The van der Waals surface area contributed by atoms with E-state index in [-0.39, 0.29) is 17.9 Å². The zero-order valence-electron chi connectivity index (χ0n) is 15.3. The van der Waals surface area contributed by atoms with Crippen molar-refractivity contribution in [3.05, 3.63) is 0 Å². The predicted molar refractivity (Wildman–Crippen MR) is 92.6 cm³/mol. The maximum atomic E-state index is 12.5. The SMILES string of the molecule is CC[C@@H]1CN(CC(=O)N2CCN(C(C)=O)CC2)CCN1C[C@H](C)O. The molecule has 2 heterocycles. The standard InChI is InChI=1S/C17H32N4O3/c1-4-16-12-18(5-6-21(16)11-14(2)22)13-17(24)20-9-7-19(8-10-20)15(3)23/h14,16,22H,4-13H2,1-3H3/t14-,16+/m0/s1. The molecular formula is C17H32N4O3. The summed E-state index contributed by atoms with van der Waals surface area (Å²) in [6.07, 6.45) is 0.708. The number of aliphatic hydroxyl groups is 1. The lowest BCUT2D eigenvalue weighted by Crippen LogP contribution is -2.57. The number of β-amino-alcohol motifs (C(OH)–C–C–N with tert-alkyl or cyclic N) is 1. The summed E-state index contributed by atoms with van der Waals surface area (Å²) in [5.41, 5.74) is 0. The zero-order chi connectivity index (χ0) is 17.7. The highest BCUT2D eigenvalue weighted by molar-refractivity contribution is 5.79. The number of piperazine rings is 2. The Labute approximate surface area is 145 Å². The number of hydrogen-bond donors (Lipinski definition) is 1. The molecule has 0 spiro atoms. The predicted octanol–water partition coefficient (Wildman–Crippen LogP) is -0.546. The molecular weight excluding hydrogens is 308 g/mol. The second-order valence-corrected chi connectivity index (χ2v) is 7.03. The summed E-state index contributed by atoms with van der Waals surface area (Å²) in [4.78, 5) is 32.1. The van der Waals surface area contributed by atoms with E-state index in [1.54, 1.807) is 11.8 Å². The van der Waals surface area contributed by atoms with Crippen molar-refractivity contribution in [1.82, 2.24) is 19.6 Å². The number of aliphatic hydroxyl groups excluding tert-OH is 1. The Balaban J connectivity index is 1.79. The molecule has 1 N–H and O–H groups in total. The van der Waals surface area contributed by atoms with Crippen LogP contribution in [0.3, 0.4) is 0 Å². The van der Waals surface area contributed by atoms with Crippen molar-refractivity contribution < 1.29 is 14.7 Å². The van der Waals surface area contributed by atoms with Gasteiger partial charge in [0.25, 0.3) is 0 Å². The second-order valence-electron chi connectivity index (χ2n) is 7.03. The van der Waals surface area contributed by atoms with Crippen molar-refractivity contribution in [1.29, 1.82) is 0 Å². The molecule has 0 radical (unpaired) electrons. The highest BCUT2D eigenvalue weighted by Gasteiger charge is 2.29. The van der Waals surface area contributed by atoms with E-state index in [2.05, 4.69) is 16.7 Å². The molecule has 24 heavy (non-hydrogen) atoms. The highest BCUT2D eigenvalue weighted by Crippen LogP contribution is 2.14. The Bertz CT molecular complexity index is 436. The maximum Gasteiger partial charge on any atom is 0.236 e. The van der Waals surface area contributed by atoms with E-state index < -0.39 is 0 Å². The lowest BCUT2D eigenvalue weighted by molar-refractivity contribution is -0.139. The smallest absolute Gasteiger partial charge is 0.236 e. The molecule has 0 aromatic rings. The molecule has 0 aliphatic carbocycles. The lowest BCUT2D eigenvalue weighted by atomic mass is 10.1. The summed E-state index contributed by atoms with van der Waals surface area (Å²) >= 11 is 0. The first kappa shape index (κ1) is 19.1. The summed E-state index contributed by atoms with van der Waals surface area (Å²) in [5.74, 6) is 0.249. The first-order valence-corrected chi connectivity index (χ1v) is 9.08. The Hall–Kier alpha value is -1.18. The van der Waals surface area contributed by atoms with Gasteiger partial charge in [-0.1, -0.05) is 6.92 Å². The minimum Gasteiger partial charge on any atom is -0.392 e. The molecule has 2 aliphatic rings. The Morgan fingerprint density at radius 3 is 2.25 bits per heavy atom. The van der Waals surface area contributed by atoms with Gasteiger partial charge in [-0.25, -0.2) is 0 Å². The van der Waals surface area contributed by atoms with Crippen LogP contribution >= 0.6 is 0 Å². The van der Waals surface area contributed by atoms with Gasteiger partial charge in [0, 0.05) is 65.3 Å². The van der Waals surface area contributed by atoms with E-state index in [9.17, 15) is 14.7 Å². The summed E-state index contributed by atoms with van der Waals surface area (Å²) in [5, 5.41) is 9.62. The molecule has 2 fully saturated rings. The molecule has 7 heteroatoms. The van der Waals surface area contributed by atoms with Gasteiger partial charge in [0.1, 0.15) is 0 Å². The fourth-order valence-electron chi connectivity index (χ4n) is 3.63. The van der Waals surface area contributed by atoms with Crippen molar-refractivity contribution >= 4 is 11.8 Å². The minimum atomic E-state index is -0.315. The Kier molecular flexibility index (Phi) is 7.01. The summed E-state index contributed by atoms with van der Waals surface area (Å²) < 4.78 is 0. The molecule has 2 atom stereocenters. The molecule has 2 saturated heterocycles. The topological polar surface area (TPSA) is 67.3 Å². The number of hydrogen-bond acceptors (Lipinski definition) is 5. The van der Waals surface area contributed by atoms with Gasteiger partial charge in [0.05, 0.1) is 12.6 Å². The van der Waals surface area contributed by atoms with Crippen LogP contribution in [-0.2, 0) is 9.59 Å². The third-order valence-electron chi connectivity index (χ3n) is 5.10. The fourth-order valence-corrected chi connectivity index (χ4v) is 3.63. The van der Waals surface area contributed by atoms with Crippen LogP contribution in [0.5, 0.6) is 0 Å². The van der Waals surface area contributed by atoms with Crippen LogP contribution in [-0.4, -0.2) is 108 Å². The van der Waals surface area contributed by atoms with Crippen molar-refractivity contribution in [2.24, 2.45) is 0 Å². The van der Waals surface area contributed by atoms with Gasteiger partial charge in [0.15, 0.2) is 0 Å². The molecule has 0 unspecified atom stereocenters. The van der Waals surface area contributed by atoms with E-state index in [1.807, 2.05) is 11.8 Å². The third kappa shape index (κ3) is 5.16. The van der Waals surface area contributed by atoms with E-state index >= 15 is 0 Å². The quantitative estimate of drug-likeness (QED) is 0.728. The van der Waals surface area contributed by atoms with Crippen LogP contribution in [0.25, 0.3) is 0 Å². The van der Waals surface area contributed by atoms with Gasteiger partial charge < -0.3 is 14.9 Å². The van der Waals surface area contributed by atoms with Crippen LogP contribution in [0.15, 0.2) is 0 Å². The fraction of sp³-hybridized carbons (Fsp3) is 0.882. The number of rotatable bonds is 5. The molecule has 2 rings (SSSR count). The molecule has 0 saturated carbocycles. The average molecular weight is 340 g/mol. The van der Waals surface area contributed by atoms with Crippen molar-refractivity contribution in [3.63, 3.8) is 0 Å². The average Bonchev–Trinajstić information content (AvgIpc) is 2.55. The lowest BCUT2D eigenvalue weighted by Gasteiger charge is -2.42. The molecule has 138 valence electrons. The summed E-state index contributed by atoms with van der Waals surface area (Å²) in [6, 6.07) is 0.399. The number of amides is 2. The van der Waals surface area contributed by atoms with Crippen LogP contribution < -0.4 is 0 Å². The third-order valence-corrected chi connectivity index (χ3v) is 5.10. The first-order valence-electron chi connectivity index (χ1n) is 9.08. The van der Waals surface area contributed by atoms with E-state index in [1.165, 1.54) is 0 Å².